The number of carbonyl (C=O) groups is 2. The molecule has 0 saturated carbocycles. The summed E-state index contributed by atoms with van der Waals surface area (Å²) in [7, 11) is 0. The molecule has 6 heteroatoms. The number of hydrazone groups is 1. The van der Waals surface area contributed by atoms with Crippen molar-refractivity contribution < 1.29 is 14.0 Å². The van der Waals surface area contributed by atoms with Crippen molar-refractivity contribution in [3.8, 4) is 0 Å². The van der Waals surface area contributed by atoms with Crippen molar-refractivity contribution in [1.82, 2.24) is 5.43 Å². The predicted octanol–water partition coefficient (Wildman–Crippen LogP) is 4.46. The summed E-state index contributed by atoms with van der Waals surface area (Å²) in [6.07, 6.45) is 1.56. The quantitative estimate of drug-likeness (QED) is 0.500. The molecule has 2 amide bonds. The lowest BCUT2D eigenvalue weighted by Crippen LogP contribution is -2.21. The van der Waals surface area contributed by atoms with Crippen molar-refractivity contribution >= 4 is 23.7 Å². The first-order chi connectivity index (χ1) is 13.9. The van der Waals surface area contributed by atoms with Gasteiger partial charge in [0.15, 0.2) is 0 Å². The van der Waals surface area contributed by atoms with E-state index in [0.29, 0.717) is 5.69 Å². The number of amides is 2. The van der Waals surface area contributed by atoms with Crippen LogP contribution in [0.25, 0.3) is 0 Å². The number of benzene rings is 3. The summed E-state index contributed by atoms with van der Waals surface area (Å²) in [5, 5.41) is 6.67. The fraction of sp³-hybridized carbons (Fsp3) is 0.0870. The first-order valence-corrected chi connectivity index (χ1v) is 9.00. The zero-order valence-corrected chi connectivity index (χ0v) is 16.1. The lowest BCUT2D eigenvalue weighted by molar-refractivity contribution is 0.0956. The normalized spacial score (nSPS) is 10.7. The third-order valence-corrected chi connectivity index (χ3v) is 4.44. The van der Waals surface area contributed by atoms with Crippen LogP contribution in [-0.2, 0) is 0 Å². The highest BCUT2D eigenvalue weighted by molar-refractivity contribution is 6.09. The van der Waals surface area contributed by atoms with Crippen molar-refractivity contribution in [1.29, 1.82) is 0 Å². The summed E-state index contributed by atoms with van der Waals surface area (Å²) in [4.78, 5) is 24.9. The molecule has 0 aromatic heterocycles. The van der Waals surface area contributed by atoms with Crippen LogP contribution in [0.4, 0.5) is 10.1 Å². The van der Waals surface area contributed by atoms with E-state index in [0.717, 1.165) is 11.1 Å². The van der Waals surface area contributed by atoms with Gasteiger partial charge in [-0.25, -0.2) is 9.82 Å². The van der Waals surface area contributed by atoms with Crippen molar-refractivity contribution in [3.63, 3.8) is 0 Å². The van der Waals surface area contributed by atoms with Gasteiger partial charge in [0.25, 0.3) is 11.8 Å². The van der Waals surface area contributed by atoms with Crippen LogP contribution in [0.15, 0.2) is 71.8 Å². The summed E-state index contributed by atoms with van der Waals surface area (Å²) >= 11 is 0. The van der Waals surface area contributed by atoms with Crippen LogP contribution in [0.3, 0.4) is 0 Å². The Labute approximate surface area is 168 Å². The minimum Gasteiger partial charge on any atom is -0.321 e. The summed E-state index contributed by atoms with van der Waals surface area (Å²) in [5.41, 5.74) is 6.53. The molecule has 0 saturated heterocycles. The molecule has 0 aliphatic rings. The van der Waals surface area contributed by atoms with Gasteiger partial charge in [-0.1, -0.05) is 30.3 Å². The standard InChI is InChI=1S/C23H20FN3O2/c1-15-7-8-17(13-16(15)2)14-25-27-23(29)20-5-3-4-6-21(20)26-22(28)18-9-11-19(24)12-10-18/h3-14H,1-2H3,(H,26,28)(H,27,29). The largest absolute Gasteiger partial charge is 0.321 e. The Balaban J connectivity index is 1.71. The second-order valence-electron chi connectivity index (χ2n) is 6.55. The van der Waals surface area contributed by atoms with E-state index >= 15 is 0 Å². The van der Waals surface area contributed by atoms with Gasteiger partial charge < -0.3 is 5.32 Å². The number of hydrogen-bond acceptors (Lipinski definition) is 3. The molecular weight excluding hydrogens is 369 g/mol. The number of aryl methyl sites for hydroxylation is 2. The number of nitrogens with one attached hydrogen (secondary N) is 2. The van der Waals surface area contributed by atoms with Crippen molar-refractivity contribution in [2.75, 3.05) is 5.32 Å². The average molecular weight is 389 g/mol. The highest BCUT2D eigenvalue weighted by atomic mass is 19.1. The topological polar surface area (TPSA) is 70.6 Å². The maximum atomic E-state index is 13.0. The SMILES string of the molecule is Cc1ccc(C=NNC(=O)c2ccccc2NC(=O)c2ccc(F)cc2)cc1C. The van der Waals surface area contributed by atoms with Gasteiger partial charge in [-0.2, -0.15) is 5.10 Å². The van der Waals surface area contributed by atoms with E-state index in [1.54, 1.807) is 30.5 Å². The Hall–Kier alpha value is -3.80. The zero-order chi connectivity index (χ0) is 20.8. The number of nitrogens with zero attached hydrogens (tertiary/aromatic N) is 1. The highest BCUT2D eigenvalue weighted by Crippen LogP contribution is 2.16. The predicted molar refractivity (Wildman–Crippen MR) is 112 cm³/mol. The molecule has 0 aliphatic carbocycles. The van der Waals surface area contributed by atoms with E-state index < -0.39 is 17.6 Å². The minimum atomic E-state index is -0.458. The molecule has 0 fully saturated rings. The summed E-state index contributed by atoms with van der Waals surface area (Å²) < 4.78 is 13.0. The lowest BCUT2D eigenvalue weighted by Gasteiger charge is -2.10. The van der Waals surface area contributed by atoms with Crippen LogP contribution in [0.5, 0.6) is 0 Å². The van der Waals surface area contributed by atoms with E-state index in [4.69, 9.17) is 0 Å². The van der Waals surface area contributed by atoms with Crippen molar-refractivity contribution in [2.24, 2.45) is 5.10 Å². The monoisotopic (exact) mass is 389 g/mol. The fourth-order valence-electron chi connectivity index (χ4n) is 2.66. The first-order valence-electron chi connectivity index (χ1n) is 9.00. The maximum absolute atomic E-state index is 13.0. The van der Waals surface area contributed by atoms with Gasteiger partial charge in [-0.3, -0.25) is 9.59 Å². The Morgan fingerprint density at radius 3 is 2.34 bits per heavy atom. The second-order valence-corrected chi connectivity index (χ2v) is 6.55. The van der Waals surface area contributed by atoms with Crippen LogP contribution in [0, 0.1) is 19.7 Å². The third-order valence-electron chi connectivity index (χ3n) is 4.44. The average Bonchev–Trinajstić information content (AvgIpc) is 2.71. The first kappa shape index (κ1) is 19.9. The Bertz CT molecular complexity index is 1080. The molecule has 146 valence electrons. The van der Waals surface area contributed by atoms with Crippen molar-refractivity contribution in [2.45, 2.75) is 13.8 Å². The zero-order valence-electron chi connectivity index (χ0n) is 16.1. The van der Waals surface area contributed by atoms with Gasteiger partial charge in [0.1, 0.15) is 5.82 Å². The number of anilines is 1. The van der Waals surface area contributed by atoms with E-state index in [2.05, 4.69) is 15.8 Å². The summed E-state index contributed by atoms with van der Waals surface area (Å²) in [6, 6.07) is 17.6. The van der Waals surface area contributed by atoms with E-state index in [9.17, 15) is 14.0 Å². The third kappa shape index (κ3) is 5.13. The molecule has 0 aliphatic heterocycles. The van der Waals surface area contributed by atoms with E-state index in [-0.39, 0.29) is 11.1 Å². The minimum absolute atomic E-state index is 0.264. The number of hydrogen-bond donors (Lipinski definition) is 2. The molecule has 29 heavy (non-hydrogen) atoms. The molecule has 2 N–H and O–H groups in total. The number of carbonyl (C=O) groups excluding carboxylic acids is 2. The molecule has 5 nitrogen and oxygen atoms in total. The Morgan fingerprint density at radius 2 is 1.62 bits per heavy atom. The van der Waals surface area contributed by atoms with Gasteiger partial charge in [-0.15, -0.1) is 0 Å². The highest BCUT2D eigenvalue weighted by Gasteiger charge is 2.13. The number of halogens is 1. The van der Waals surface area contributed by atoms with Gasteiger partial charge >= 0.3 is 0 Å². The molecule has 0 bridgehead atoms. The molecule has 0 spiro atoms. The maximum Gasteiger partial charge on any atom is 0.273 e. The van der Waals surface area contributed by atoms with Crippen LogP contribution in [0.1, 0.15) is 37.4 Å². The smallest absolute Gasteiger partial charge is 0.273 e. The summed E-state index contributed by atoms with van der Waals surface area (Å²) in [5.74, 6) is -1.33. The molecular formula is C23H20FN3O2. The number of rotatable bonds is 5. The van der Waals surface area contributed by atoms with Gasteiger partial charge in [0.2, 0.25) is 0 Å². The molecule has 0 atom stereocenters. The molecule has 0 unspecified atom stereocenters. The second kappa shape index (κ2) is 8.93. The van der Waals surface area contributed by atoms with Crippen LogP contribution in [0.2, 0.25) is 0 Å². The summed E-state index contributed by atoms with van der Waals surface area (Å²) in [6.45, 7) is 4.03. The van der Waals surface area contributed by atoms with Gasteiger partial charge in [0, 0.05) is 5.56 Å². The molecule has 0 heterocycles. The number of para-hydroxylation sites is 1. The molecule has 3 rings (SSSR count). The van der Waals surface area contributed by atoms with Crippen LogP contribution >= 0.6 is 0 Å². The van der Waals surface area contributed by atoms with Crippen LogP contribution in [-0.4, -0.2) is 18.0 Å². The van der Waals surface area contributed by atoms with Crippen LogP contribution < -0.4 is 10.7 Å². The van der Waals surface area contributed by atoms with Gasteiger partial charge in [-0.05, 0) is 66.9 Å². The Morgan fingerprint density at radius 1 is 0.897 bits per heavy atom. The molecule has 3 aromatic carbocycles. The van der Waals surface area contributed by atoms with E-state index in [1.165, 1.54) is 29.8 Å². The van der Waals surface area contributed by atoms with E-state index in [1.807, 2.05) is 32.0 Å². The lowest BCUT2D eigenvalue weighted by atomic mass is 10.1. The fourth-order valence-corrected chi connectivity index (χ4v) is 2.66. The Kier molecular flexibility index (Phi) is 6.14. The molecule has 3 aromatic rings. The van der Waals surface area contributed by atoms with Gasteiger partial charge in [0.05, 0.1) is 17.5 Å². The molecule has 0 radical (unpaired) electrons. The van der Waals surface area contributed by atoms with Crippen molar-refractivity contribution in [3.05, 3.63) is 100 Å².